The van der Waals surface area contributed by atoms with Crippen LogP contribution in [0.3, 0.4) is 0 Å². The van der Waals surface area contributed by atoms with Gasteiger partial charge in [0.2, 0.25) is 0 Å². The average Bonchev–Trinajstić information content (AvgIpc) is 2.75. The van der Waals surface area contributed by atoms with Gasteiger partial charge in [0.1, 0.15) is 0 Å². The van der Waals surface area contributed by atoms with Crippen molar-refractivity contribution in [3.05, 3.63) is 29.8 Å². The molecule has 2 amide bonds. The molecule has 3 nitrogen and oxygen atoms in total. The molecule has 1 aliphatic heterocycles. The molecular weight excluding hydrogens is 256 g/mol. The molecule has 2 rings (SSSR count). The summed E-state index contributed by atoms with van der Waals surface area (Å²) in [6.07, 6.45) is 0. The Labute approximate surface area is 119 Å². The fourth-order valence-corrected chi connectivity index (χ4v) is 3.13. The zero-order valence-electron chi connectivity index (χ0n) is 12.1. The van der Waals surface area contributed by atoms with Crippen molar-refractivity contribution >= 4 is 23.5 Å². The van der Waals surface area contributed by atoms with Crippen LogP contribution in [0.5, 0.6) is 0 Å². The van der Waals surface area contributed by atoms with Crippen LogP contribution in [-0.2, 0) is 5.41 Å². The molecule has 0 aromatic heterocycles. The van der Waals surface area contributed by atoms with Gasteiger partial charge in [0.05, 0.1) is 5.37 Å². The van der Waals surface area contributed by atoms with Gasteiger partial charge in [0.15, 0.2) is 0 Å². The summed E-state index contributed by atoms with van der Waals surface area (Å²) in [5.41, 5.74) is 2.28. The van der Waals surface area contributed by atoms with Crippen LogP contribution in [0.25, 0.3) is 0 Å². The maximum Gasteiger partial charge on any atom is 0.322 e. The molecule has 1 saturated heterocycles. The molecule has 1 N–H and O–H groups in total. The summed E-state index contributed by atoms with van der Waals surface area (Å²) in [6.45, 7) is 9.45. The fraction of sp³-hybridized carbons (Fsp3) is 0.533. The molecule has 1 aromatic carbocycles. The lowest BCUT2D eigenvalue weighted by molar-refractivity contribution is 0.216. The molecule has 1 aromatic rings. The number of nitrogens with zero attached hydrogens (tertiary/aromatic N) is 1. The lowest BCUT2D eigenvalue weighted by Crippen LogP contribution is -2.36. The molecule has 1 unspecified atom stereocenters. The van der Waals surface area contributed by atoms with E-state index in [2.05, 4.69) is 45.1 Å². The van der Waals surface area contributed by atoms with E-state index in [1.807, 2.05) is 28.8 Å². The lowest BCUT2D eigenvalue weighted by atomic mass is 9.87. The van der Waals surface area contributed by atoms with Crippen molar-refractivity contribution in [1.29, 1.82) is 0 Å². The van der Waals surface area contributed by atoms with Crippen molar-refractivity contribution in [1.82, 2.24) is 4.90 Å². The van der Waals surface area contributed by atoms with Crippen LogP contribution >= 0.6 is 11.8 Å². The number of rotatable bonds is 1. The summed E-state index contributed by atoms with van der Waals surface area (Å²) in [7, 11) is 0. The highest BCUT2D eigenvalue weighted by molar-refractivity contribution is 8.00. The third-order valence-electron chi connectivity index (χ3n) is 3.39. The van der Waals surface area contributed by atoms with E-state index in [-0.39, 0.29) is 16.8 Å². The molecule has 0 saturated carbocycles. The Kier molecular flexibility index (Phi) is 4.09. The van der Waals surface area contributed by atoms with Crippen molar-refractivity contribution in [2.45, 2.75) is 38.5 Å². The lowest BCUT2D eigenvalue weighted by Gasteiger charge is -2.22. The molecule has 4 heteroatoms. The van der Waals surface area contributed by atoms with Crippen LogP contribution in [0.15, 0.2) is 24.3 Å². The standard InChI is InChI=1S/C15H22N2OS/c1-11-17(9-10-19-11)14(18)16-13-7-5-12(6-8-13)15(2,3)4/h5-8,11H,9-10H2,1-4H3,(H,16,18). The van der Waals surface area contributed by atoms with Gasteiger partial charge in [-0.3, -0.25) is 0 Å². The van der Waals surface area contributed by atoms with E-state index in [1.165, 1.54) is 5.56 Å². The number of benzene rings is 1. The van der Waals surface area contributed by atoms with E-state index >= 15 is 0 Å². The predicted molar refractivity (Wildman–Crippen MR) is 82.8 cm³/mol. The predicted octanol–water partition coefficient (Wildman–Crippen LogP) is 3.91. The zero-order valence-corrected chi connectivity index (χ0v) is 12.9. The van der Waals surface area contributed by atoms with Gasteiger partial charge in [-0.15, -0.1) is 11.8 Å². The SMILES string of the molecule is CC1SCCN1C(=O)Nc1ccc(C(C)(C)C)cc1. The minimum Gasteiger partial charge on any atom is -0.312 e. The summed E-state index contributed by atoms with van der Waals surface area (Å²) in [4.78, 5) is 14.0. The Balaban J connectivity index is 2.02. The second-order valence-corrected chi connectivity index (χ2v) is 7.34. The van der Waals surface area contributed by atoms with E-state index in [4.69, 9.17) is 0 Å². The first-order chi connectivity index (χ1) is 8.88. The monoisotopic (exact) mass is 278 g/mol. The molecule has 1 heterocycles. The van der Waals surface area contributed by atoms with Gasteiger partial charge in [0.25, 0.3) is 0 Å². The molecule has 0 spiro atoms. The van der Waals surface area contributed by atoms with Gasteiger partial charge in [-0.25, -0.2) is 4.79 Å². The topological polar surface area (TPSA) is 32.3 Å². The van der Waals surface area contributed by atoms with E-state index in [9.17, 15) is 4.79 Å². The van der Waals surface area contributed by atoms with Crippen molar-refractivity contribution in [3.63, 3.8) is 0 Å². The molecule has 1 atom stereocenters. The Bertz CT molecular complexity index is 450. The van der Waals surface area contributed by atoms with Gasteiger partial charge >= 0.3 is 6.03 Å². The number of thioether (sulfide) groups is 1. The number of carbonyl (C=O) groups is 1. The van der Waals surface area contributed by atoms with Crippen LogP contribution in [0.4, 0.5) is 10.5 Å². The van der Waals surface area contributed by atoms with Gasteiger partial charge in [0, 0.05) is 18.0 Å². The molecule has 0 radical (unpaired) electrons. The Hall–Kier alpha value is -1.16. The van der Waals surface area contributed by atoms with Crippen LogP contribution in [-0.4, -0.2) is 28.6 Å². The van der Waals surface area contributed by atoms with Gasteiger partial charge in [-0.05, 0) is 30.0 Å². The Morgan fingerprint density at radius 2 is 1.95 bits per heavy atom. The molecule has 19 heavy (non-hydrogen) atoms. The number of hydrogen-bond donors (Lipinski definition) is 1. The third-order valence-corrected chi connectivity index (χ3v) is 4.55. The molecule has 0 aliphatic carbocycles. The minimum absolute atomic E-state index is 0.000934. The normalized spacial score (nSPS) is 19.6. The number of urea groups is 1. The Morgan fingerprint density at radius 1 is 1.32 bits per heavy atom. The highest BCUT2D eigenvalue weighted by Crippen LogP contribution is 2.25. The van der Waals surface area contributed by atoms with Crippen molar-refractivity contribution in [2.24, 2.45) is 0 Å². The maximum atomic E-state index is 12.1. The number of hydrogen-bond acceptors (Lipinski definition) is 2. The van der Waals surface area contributed by atoms with Crippen LogP contribution in [0, 0.1) is 0 Å². The molecular formula is C15H22N2OS. The van der Waals surface area contributed by atoms with Crippen LogP contribution in [0.2, 0.25) is 0 Å². The average molecular weight is 278 g/mol. The molecule has 104 valence electrons. The first kappa shape index (κ1) is 14.3. The van der Waals surface area contributed by atoms with E-state index in [0.29, 0.717) is 0 Å². The van der Waals surface area contributed by atoms with Gasteiger partial charge in [-0.1, -0.05) is 32.9 Å². The second kappa shape index (κ2) is 5.45. The first-order valence-corrected chi connectivity index (χ1v) is 7.72. The summed E-state index contributed by atoms with van der Waals surface area (Å²) < 4.78 is 0. The minimum atomic E-state index is 0.000934. The number of anilines is 1. The molecule has 1 aliphatic rings. The quantitative estimate of drug-likeness (QED) is 0.844. The van der Waals surface area contributed by atoms with E-state index < -0.39 is 0 Å². The van der Waals surface area contributed by atoms with Gasteiger partial charge < -0.3 is 10.2 Å². The first-order valence-electron chi connectivity index (χ1n) is 6.68. The zero-order chi connectivity index (χ0) is 14.0. The Morgan fingerprint density at radius 3 is 2.42 bits per heavy atom. The number of nitrogens with one attached hydrogen (secondary N) is 1. The summed E-state index contributed by atoms with van der Waals surface area (Å²) >= 11 is 1.82. The third kappa shape index (κ3) is 3.44. The number of carbonyl (C=O) groups excluding carboxylic acids is 1. The highest BCUT2D eigenvalue weighted by atomic mass is 32.2. The highest BCUT2D eigenvalue weighted by Gasteiger charge is 2.25. The van der Waals surface area contributed by atoms with Gasteiger partial charge in [-0.2, -0.15) is 0 Å². The molecule has 1 fully saturated rings. The van der Waals surface area contributed by atoms with Crippen molar-refractivity contribution in [2.75, 3.05) is 17.6 Å². The van der Waals surface area contributed by atoms with Crippen LogP contribution in [0.1, 0.15) is 33.3 Å². The number of amides is 2. The molecule has 0 bridgehead atoms. The largest absolute Gasteiger partial charge is 0.322 e. The summed E-state index contributed by atoms with van der Waals surface area (Å²) in [5, 5.41) is 3.24. The van der Waals surface area contributed by atoms with Crippen molar-refractivity contribution in [3.8, 4) is 0 Å². The smallest absolute Gasteiger partial charge is 0.312 e. The summed E-state index contributed by atoms with van der Waals surface area (Å²) in [5.74, 6) is 1.03. The second-order valence-electron chi connectivity index (χ2n) is 5.92. The van der Waals surface area contributed by atoms with E-state index in [0.717, 1.165) is 18.0 Å². The summed E-state index contributed by atoms with van der Waals surface area (Å²) in [6, 6.07) is 8.12. The van der Waals surface area contributed by atoms with Crippen LogP contribution < -0.4 is 5.32 Å². The van der Waals surface area contributed by atoms with Crippen molar-refractivity contribution < 1.29 is 4.79 Å². The maximum absolute atomic E-state index is 12.1. The van der Waals surface area contributed by atoms with E-state index in [1.54, 1.807) is 0 Å². The fourth-order valence-electron chi connectivity index (χ4n) is 2.11.